The van der Waals surface area contributed by atoms with Crippen molar-refractivity contribution in [2.45, 2.75) is 20.4 Å². The molecule has 0 atom stereocenters. The Balaban J connectivity index is 3.28. The van der Waals surface area contributed by atoms with E-state index in [2.05, 4.69) is 0 Å². The molecule has 0 spiro atoms. The summed E-state index contributed by atoms with van der Waals surface area (Å²) in [5.74, 6) is -0.885. The van der Waals surface area contributed by atoms with Crippen LogP contribution in [0.4, 0.5) is 0 Å². The maximum Gasteiger partial charge on any atom is 0.335 e. The van der Waals surface area contributed by atoms with Crippen molar-refractivity contribution in [2.75, 3.05) is 0 Å². The molecule has 0 saturated carbocycles. The number of aryl methyl sites for hydroxylation is 2. The van der Waals surface area contributed by atoms with Gasteiger partial charge in [-0.25, -0.2) is 4.79 Å². The fourth-order valence-corrected chi connectivity index (χ4v) is 1.33. The molecule has 0 amide bonds. The highest BCUT2D eigenvalue weighted by atomic mass is 16.4. The van der Waals surface area contributed by atoms with Crippen LogP contribution in [0.3, 0.4) is 0 Å². The zero-order chi connectivity index (χ0) is 10.0. The Hall–Kier alpha value is -1.35. The first-order valence-electron chi connectivity index (χ1n) is 4.09. The maximum absolute atomic E-state index is 10.7. The van der Waals surface area contributed by atoms with Gasteiger partial charge in [-0.1, -0.05) is 6.07 Å². The zero-order valence-corrected chi connectivity index (χ0v) is 7.79. The van der Waals surface area contributed by atoms with Crippen molar-refractivity contribution in [1.82, 2.24) is 0 Å². The van der Waals surface area contributed by atoms with Crippen LogP contribution in [-0.2, 0) is 6.54 Å². The lowest BCUT2D eigenvalue weighted by atomic mass is 10.0. The van der Waals surface area contributed by atoms with Gasteiger partial charge in [0.1, 0.15) is 0 Å². The van der Waals surface area contributed by atoms with Crippen LogP contribution in [0.25, 0.3) is 0 Å². The highest BCUT2D eigenvalue weighted by molar-refractivity contribution is 5.89. The molecule has 0 aliphatic rings. The first-order valence-corrected chi connectivity index (χ1v) is 4.09. The second-order valence-electron chi connectivity index (χ2n) is 3.10. The van der Waals surface area contributed by atoms with Gasteiger partial charge in [0.25, 0.3) is 0 Å². The molecule has 0 saturated heterocycles. The number of aromatic carboxylic acids is 1. The van der Waals surface area contributed by atoms with Crippen molar-refractivity contribution in [3.63, 3.8) is 0 Å². The predicted octanol–water partition coefficient (Wildman–Crippen LogP) is 1.46. The fraction of sp³-hybridized carbons (Fsp3) is 0.300. The van der Waals surface area contributed by atoms with E-state index >= 15 is 0 Å². The van der Waals surface area contributed by atoms with Crippen LogP contribution < -0.4 is 5.73 Å². The van der Waals surface area contributed by atoms with Crippen molar-refractivity contribution in [3.8, 4) is 0 Å². The molecule has 0 fully saturated rings. The minimum atomic E-state index is -0.885. The lowest BCUT2D eigenvalue weighted by Gasteiger charge is -2.07. The lowest BCUT2D eigenvalue weighted by Crippen LogP contribution is -2.05. The fourth-order valence-electron chi connectivity index (χ4n) is 1.33. The molecule has 0 unspecified atom stereocenters. The average Bonchev–Trinajstić information content (AvgIpc) is 2.07. The Kier molecular flexibility index (Phi) is 2.68. The molecule has 0 radical (unpaired) electrons. The second-order valence-corrected chi connectivity index (χ2v) is 3.10. The Morgan fingerprint density at radius 1 is 1.38 bits per heavy atom. The van der Waals surface area contributed by atoms with E-state index in [1.807, 2.05) is 13.0 Å². The topological polar surface area (TPSA) is 63.3 Å². The van der Waals surface area contributed by atoms with Crippen LogP contribution in [0, 0.1) is 13.8 Å². The summed E-state index contributed by atoms with van der Waals surface area (Å²) < 4.78 is 0. The van der Waals surface area contributed by atoms with Gasteiger partial charge in [0.15, 0.2) is 0 Å². The highest BCUT2D eigenvalue weighted by Crippen LogP contribution is 2.15. The molecule has 70 valence electrons. The van der Waals surface area contributed by atoms with Crippen molar-refractivity contribution >= 4 is 5.97 Å². The molecule has 3 heteroatoms. The van der Waals surface area contributed by atoms with Gasteiger partial charge in [-0.2, -0.15) is 0 Å². The summed E-state index contributed by atoms with van der Waals surface area (Å²) in [4.78, 5) is 10.7. The lowest BCUT2D eigenvalue weighted by molar-refractivity contribution is 0.0696. The molecular formula is C10H13NO2. The molecular weight excluding hydrogens is 166 g/mol. The quantitative estimate of drug-likeness (QED) is 0.722. The molecule has 13 heavy (non-hydrogen) atoms. The first kappa shape index (κ1) is 9.74. The predicted molar refractivity (Wildman–Crippen MR) is 50.8 cm³/mol. The van der Waals surface area contributed by atoms with Gasteiger partial charge in [0.2, 0.25) is 0 Å². The number of benzene rings is 1. The van der Waals surface area contributed by atoms with Crippen LogP contribution >= 0.6 is 0 Å². The third-order valence-corrected chi connectivity index (χ3v) is 2.13. The molecule has 0 aliphatic carbocycles. The Morgan fingerprint density at radius 3 is 2.46 bits per heavy atom. The van der Waals surface area contributed by atoms with E-state index in [9.17, 15) is 4.79 Å². The molecule has 0 aromatic heterocycles. The number of carbonyl (C=O) groups is 1. The highest BCUT2D eigenvalue weighted by Gasteiger charge is 2.08. The van der Waals surface area contributed by atoms with Crippen molar-refractivity contribution in [1.29, 1.82) is 0 Å². The summed E-state index contributed by atoms with van der Waals surface area (Å²) in [6.45, 7) is 4.10. The first-order chi connectivity index (χ1) is 6.06. The van der Waals surface area contributed by atoms with Crippen LogP contribution in [-0.4, -0.2) is 11.1 Å². The molecule has 1 aromatic rings. The van der Waals surface area contributed by atoms with E-state index in [1.54, 1.807) is 13.0 Å². The van der Waals surface area contributed by atoms with Crippen LogP contribution in [0.2, 0.25) is 0 Å². The normalized spacial score (nSPS) is 10.1. The minimum absolute atomic E-state index is 0.356. The maximum atomic E-state index is 10.7. The van der Waals surface area contributed by atoms with Crippen LogP contribution in [0.5, 0.6) is 0 Å². The largest absolute Gasteiger partial charge is 0.478 e. The number of nitrogens with two attached hydrogens (primary N) is 1. The summed E-state index contributed by atoms with van der Waals surface area (Å²) in [5, 5.41) is 8.82. The monoisotopic (exact) mass is 179 g/mol. The minimum Gasteiger partial charge on any atom is -0.478 e. The van der Waals surface area contributed by atoms with Gasteiger partial charge in [0.05, 0.1) is 5.56 Å². The summed E-state index contributed by atoms with van der Waals surface area (Å²) >= 11 is 0. The van der Waals surface area contributed by atoms with E-state index in [0.29, 0.717) is 12.1 Å². The van der Waals surface area contributed by atoms with Crippen LogP contribution in [0.15, 0.2) is 12.1 Å². The Bertz CT molecular complexity index is 345. The molecule has 1 rings (SSSR count). The average molecular weight is 179 g/mol. The molecule has 0 aliphatic heterocycles. The zero-order valence-electron chi connectivity index (χ0n) is 7.79. The summed E-state index contributed by atoms with van der Waals surface area (Å²) in [7, 11) is 0. The van der Waals surface area contributed by atoms with E-state index in [1.165, 1.54) is 0 Å². The SMILES string of the molecule is Cc1cc(C(=O)O)c(C)cc1CN. The summed E-state index contributed by atoms with van der Waals surface area (Å²) in [5.41, 5.74) is 8.56. The number of hydrogen-bond acceptors (Lipinski definition) is 2. The molecule has 1 aromatic carbocycles. The van der Waals surface area contributed by atoms with Crippen LogP contribution in [0.1, 0.15) is 27.0 Å². The Morgan fingerprint density at radius 2 is 2.00 bits per heavy atom. The van der Waals surface area contributed by atoms with Crippen molar-refractivity contribution in [3.05, 3.63) is 34.4 Å². The molecule has 3 N–H and O–H groups in total. The summed E-state index contributed by atoms with van der Waals surface area (Å²) in [6.07, 6.45) is 0. The Labute approximate surface area is 77.2 Å². The van der Waals surface area contributed by atoms with E-state index < -0.39 is 5.97 Å². The van der Waals surface area contributed by atoms with Gasteiger partial charge in [-0.05, 0) is 36.6 Å². The third kappa shape index (κ3) is 1.87. The van der Waals surface area contributed by atoms with Gasteiger partial charge in [0, 0.05) is 6.54 Å². The van der Waals surface area contributed by atoms with Gasteiger partial charge >= 0.3 is 5.97 Å². The molecule has 3 nitrogen and oxygen atoms in total. The standard InChI is InChI=1S/C10H13NO2/c1-6-4-9(10(12)13)7(2)3-8(6)5-11/h3-4H,5,11H2,1-2H3,(H,12,13). The second kappa shape index (κ2) is 3.58. The molecule has 0 bridgehead atoms. The number of rotatable bonds is 2. The van der Waals surface area contributed by atoms with Crippen molar-refractivity contribution < 1.29 is 9.90 Å². The van der Waals surface area contributed by atoms with Gasteiger partial charge in [-0.3, -0.25) is 0 Å². The summed E-state index contributed by atoms with van der Waals surface area (Å²) in [6, 6.07) is 3.50. The van der Waals surface area contributed by atoms with Crippen molar-refractivity contribution in [2.24, 2.45) is 5.73 Å². The number of carboxylic acids is 1. The van der Waals surface area contributed by atoms with Gasteiger partial charge < -0.3 is 10.8 Å². The molecule has 0 heterocycles. The smallest absolute Gasteiger partial charge is 0.335 e. The number of hydrogen-bond donors (Lipinski definition) is 2. The van der Waals surface area contributed by atoms with E-state index in [4.69, 9.17) is 10.8 Å². The van der Waals surface area contributed by atoms with Gasteiger partial charge in [-0.15, -0.1) is 0 Å². The van der Waals surface area contributed by atoms with E-state index in [0.717, 1.165) is 16.7 Å². The third-order valence-electron chi connectivity index (χ3n) is 2.13. The van der Waals surface area contributed by atoms with E-state index in [-0.39, 0.29) is 0 Å². The number of carboxylic acid groups (broad SMARTS) is 1.